The van der Waals surface area contributed by atoms with Gasteiger partial charge in [0.2, 0.25) is 0 Å². The van der Waals surface area contributed by atoms with Crippen LogP contribution in [0.15, 0.2) is 65.4 Å². The largest absolute Gasteiger partial charge is 0.555 e. The van der Waals surface area contributed by atoms with Gasteiger partial charge in [0.15, 0.2) is 16.6 Å². The molecule has 2 aromatic heterocycles. The summed E-state index contributed by atoms with van der Waals surface area (Å²) in [7, 11) is 2.97. The number of nitrogens with zero attached hydrogens (tertiary/aromatic N) is 4. The Morgan fingerprint density at radius 1 is 0.804 bits per heavy atom. The number of benzene rings is 2. The molecule has 0 aliphatic carbocycles. The van der Waals surface area contributed by atoms with Crippen LogP contribution in [0.2, 0.25) is 42.1 Å². The number of nitrogens with one attached hydrogen (secondary N) is 1. The molecule has 0 aliphatic rings. The first-order valence-electron chi connectivity index (χ1n) is 18.7. The van der Waals surface area contributed by atoms with Crippen molar-refractivity contribution in [1.82, 2.24) is 19.1 Å². The van der Waals surface area contributed by atoms with Gasteiger partial charge in [0.05, 0.1) is 24.3 Å². The maximum absolute atomic E-state index is 11.9. The fourth-order valence-corrected chi connectivity index (χ4v) is 8.45. The molecule has 0 bridgehead atoms. The highest BCUT2D eigenvalue weighted by Gasteiger charge is 2.40. The number of hydrogen-bond donors (Lipinski definition) is 1. The Labute approximate surface area is 348 Å². The fourth-order valence-electron chi connectivity index (χ4n) is 5.50. The smallest absolute Gasteiger partial charge is 0.386 e. The summed E-state index contributed by atoms with van der Waals surface area (Å²) < 4.78 is 27.9. The minimum absolute atomic E-state index is 0. The molecular formula is C42H66BBrN5O5Si2. The molecule has 2 heterocycles. The van der Waals surface area contributed by atoms with Crippen molar-refractivity contribution in [2.45, 2.75) is 124 Å². The zero-order valence-corrected chi connectivity index (χ0v) is 39.2. The van der Waals surface area contributed by atoms with E-state index in [1.807, 2.05) is 61.3 Å². The Bertz CT molecular complexity index is 1870. The van der Waals surface area contributed by atoms with Crippen molar-refractivity contribution in [1.29, 1.82) is 5.41 Å². The standard InChI is InChI=1S/C23H35BN3O4Si.C18H27BrN2OSi.CH4/c1-16(31-32(7,8)23(2,3)4)21-26-20(14-27(21)5)18-11-9-17(10-12-18)13-19(22(28)29-6)24-30-15-25;1-13(22-23(6,7)18(2,3)4)17-20-16(12-21(17)5)14-8-10-15(19)11-9-14;/h9-12,14-16,19,25H,13H2,1-8H3;8-13H,1-7H3;1H4. The Hall–Kier alpha value is -3.30. The predicted molar refractivity (Wildman–Crippen MR) is 240 cm³/mol. The molecule has 10 nitrogen and oxygen atoms in total. The van der Waals surface area contributed by atoms with Crippen LogP contribution in [0.4, 0.5) is 0 Å². The van der Waals surface area contributed by atoms with Crippen molar-refractivity contribution in [3.05, 3.63) is 82.6 Å². The van der Waals surface area contributed by atoms with Gasteiger partial charge in [-0.3, -0.25) is 10.2 Å². The number of aryl methyl sites for hydroxylation is 2. The SMILES string of the molecule is C.CC(O[Si](C)(C)C(C)(C)C)c1nc(-c2ccc(Br)cc2)cn1C.COC(=O)C([B]OC=N)Cc1ccc(-c2cn(C)c(C(C)O[Si](C)(C)C(C)(C)C)n2)cc1. The van der Waals surface area contributed by atoms with Crippen LogP contribution in [-0.2, 0) is 43.6 Å². The summed E-state index contributed by atoms with van der Waals surface area (Å²) >= 11 is 3.47. The molecule has 0 fully saturated rings. The summed E-state index contributed by atoms with van der Waals surface area (Å²) in [6, 6.07) is 16.2. The van der Waals surface area contributed by atoms with Gasteiger partial charge < -0.3 is 27.4 Å². The maximum atomic E-state index is 11.9. The zero-order valence-electron chi connectivity index (χ0n) is 35.6. The normalized spacial score (nSPS) is 13.7. The Morgan fingerprint density at radius 2 is 1.20 bits per heavy atom. The fraction of sp³-hybridized carbons (Fsp3) is 0.524. The highest BCUT2D eigenvalue weighted by Crippen LogP contribution is 2.41. The maximum Gasteiger partial charge on any atom is 0.386 e. The van der Waals surface area contributed by atoms with Gasteiger partial charge in [0.25, 0.3) is 0 Å². The van der Waals surface area contributed by atoms with Gasteiger partial charge in [-0.2, -0.15) is 0 Å². The molecule has 4 aromatic rings. The number of carbonyl (C=O) groups excluding carboxylic acids is 1. The van der Waals surface area contributed by atoms with Crippen LogP contribution in [0.5, 0.6) is 0 Å². The molecule has 0 spiro atoms. The minimum atomic E-state index is -1.91. The average Bonchev–Trinajstić information content (AvgIpc) is 3.68. The van der Waals surface area contributed by atoms with Gasteiger partial charge in [0, 0.05) is 42.1 Å². The van der Waals surface area contributed by atoms with Crippen molar-refractivity contribution in [3.8, 4) is 22.5 Å². The average molecular weight is 868 g/mol. The summed E-state index contributed by atoms with van der Waals surface area (Å²) in [4.78, 5) is 21.6. The summed E-state index contributed by atoms with van der Waals surface area (Å²) in [6.07, 6.45) is 5.19. The van der Waals surface area contributed by atoms with E-state index in [2.05, 4.69) is 120 Å². The first-order chi connectivity index (χ1) is 25.4. The lowest BCUT2D eigenvalue weighted by atomic mass is 9.76. The van der Waals surface area contributed by atoms with Gasteiger partial charge in [-0.1, -0.05) is 101 Å². The third kappa shape index (κ3) is 12.9. The number of esters is 1. The molecule has 56 heavy (non-hydrogen) atoms. The number of ether oxygens (including phenoxy) is 1. The minimum Gasteiger partial charge on any atom is -0.555 e. The van der Waals surface area contributed by atoms with E-state index >= 15 is 0 Å². The molecule has 307 valence electrons. The van der Waals surface area contributed by atoms with Gasteiger partial charge in [-0.05, 0) is 74.2 Å². The van der Waals surface area contributed by atoms with Crippen molar-refractivity contribution in [2.24, 2.45) is 14.1 Å². The molecule has 1 radical (unpaired) electrons. The third-order valence-electron chi connectivity index (χ3n) is 10.8. The van der Waals surface area contributed by atoms with Gasteiger partial charge >= 0.3 is 13.5 Å². The third-order valence-corrected chi connectivity index (χ3v) is 20.4. The summed E-state index contributed by atoms with van der Waals surface area (Å²) in [5.41, 5.74) is 4.93. The van der Waals surface area contributed by atoms with E-state index in [0.717, 1.165) is 50.6 Å². The highest BCUT2D eigenvalue weighted by atomic mass is 79.9. The van der Waals surface area contributed by atoms with E-state index in [1.54, 1.807) is 0 Å². The Kier molecular flexibility index (Phi) is 17.4. The molecule has 2 aromatic carbocycles. The number of hydrogen-bond acceptors (Lipinski definition) is 8. The molecule has 0 amide bonds. The zero-order chi connectivity index (χ0) is 41.5. The van der Waals surface area contributed by atoms with E-state index in [1.165, 1.54) is 14.6 Å². The molecule has 0 saturated carbocycles. The van der Waals surface area contributed by atoms with Crippen LogP contribution in [0.25, 0.3) is 22.5 Å². The molecule has 4 rings (SSSR count). The molecular weight excluding hydrogens is 801 g/mol. The summed E-state index contributed by atoms with van der Waals surface area (Å²) in [5, 5.41) is 7.31. The van der Waals surface area contributed by atoms with Crippen LogP contribution in [0.3, 0.4) is 0 Å². The Morgan fingerprint density at radius 3 is 1.55 bits per heavy atom. The first kappa shape index (κ1) is 48.8. The summed E-state index contributed by atoms with van der Waals surface area (Å²) in [5.74, 6) is 0.897. The van der Waals surface area contributed by atoms with Crippen LogP contribution in [0.1, 0.15) is 92.2 Å². The quantitative estimate of drug-likeness (QED) is 0.0581. The van der Waals surface area contributed by atoms with E-state index in [9.17, 15) is 4.79 Å². The molecule has 3 unspecified atom stereocenters. The van der Waals surface area contributed by atoms with E-state index in [-0.39, 0.29) is 29.7 Å². The number of rotatable bonds is 14. The van der Waals surface area contributed by atoms with Crippen molar-refractivity contribution in [2.75, 3.05) is 7.11 Å². The van der Waals surface area contributed by atoms with E-state index in [0.29, 0.717) is 6.42 Å². The predicted octanol–water partition coefficient (Wildman–Crippen LogP) is 11.5. The molecule has 0 aliphatic heterocycles. The van der Waals surface area contributed by atoms with Crippen LogP contribution in [-0.4, -0.2) is 62.7 Å². The number of methoxy groups -OCH3 is 1. The molecule has 0 saturated heterocycles. The highest BCUT2D eigenvalue weighted by molar-refractivity contribution is 9.10. The summed E-state index contributed by atoms with van der Waals surface area (Å²) in [6.45, 7) is 26.7. The monoisotopic (exact) mass is 866 g/mol. The topological polar surface area (TPSA) is 113 Å². The molecule has 1 N–H and O–H groups in total. The van der Waals surface area contributed by atoms with E-state index in [4.69, 9.17) is 33.6 Å². The lowest BCUT2D eigenvalue weighted by molar-refractivity contribution is -0.140. The molecule has 14 heteroatoms. The number of imidazole rings is 2. The second-order valence-electron chi connectivity index (χ2n) is 17.2. The van der Waals surface area contributed by atoms with Gasteiger partial charge in [-0.15, -0.1) is 0 Å². The van der Waals surface area contributed by atoms with Crippen molar-refractivity contribution >= 4 is 52.4 Å². The van der Waals surface area contributed by atoms with Crippen molar-refractivity contribution in [3.63, 3.8) is 0 Å². The van der Waals surface area contributed by atoms with Crippen molar-refractivity contribution < 1.29 is 23.0 Å². The van der Waals surface area contributed by atoms with Gasteiger partial charge in [-0.25, -0.2) is 9.97 Å². The second-order valence-corrected chi connectivity index (χ2v) is 27.6. The van der Waals surface area contributed by atoms with Gasteiger partial charge in [0.1, 0.15) is 30.3 Å². The second kappa shape index (κ2) is 19.9. The first-order valence-corrected chi connectivity index (χ1v) is 25.3. The number of aromatic nitrogens is 4. The Balaban J connectivity index is 0.000000399. The van der Waals surface area contributed by atoms with E-state index < -0.39 is 28.4 Å². The lowest BCUT2D eigenvalue weighted by Gasteiger charge is -2.38. The van der Waals surface area contributed by atoms with Crippen LogP contribution < -0.4 is 0 Å². The van der Waals surface area contributed by atoms with Crippen LogP contribution in [0, 0.1) is 5.41 Å². The number of halogens is 1. The lowest BCUT2D eigenvalue weighted by Crippen LogP contribution is -2.41. The number of carbonyl (C=O) groups is 1. The molecule has 3 atom stereocenters. The van der Waals surface area contributed by atoms with Crippen LogP contribution >= 0.6 is 15.9 Å².